The fourth-order valence-electron chi connectivity index (χ4n) is 1.64. The Labute approximate surface area is 66.0 Å². The van der Waals surface area contributed by atoms with Crippen molar-refractivity contribution < 1.29 is 15.0 Å². The van der Waals surface area contributed by atoms with Gasteiger partial charge in [0.25, 0.3) is 0 Å². The molecular weight excluding hydrogens is 144 g/mol. The molecule has 1 rings (SSSR count). The van der Waals surface area contributed by atoms with Gasteiger partial charge in [0.1, 0.15) is 0 Å². The van der Waals surface area contributed by atoms with Gasteiger partial charge in [0.15, 0.2) is 0 Å². The lowest BCUT2D eigenvalue weighted by molar-refractivity contribution is -0.312. The van der Waals surface area contributed by atoms with Crippen LogP contribution in [0, 0.1) is 11.8 Å². The summed E-state index contributed by atoms with van der Waals surface area (Å²) in [6.45, 7) is 1.65. The quantitative estimate of drug-likeness (QED) is 0.589. The molecular formula is C8H13O3-. The van der Waals surface area contributed by atoms with E-state index in [9.17, 15) is 9.90 Å². The van der Waals surface area contributed by atoms with Crippen LogP contribution in [0.3, 0.4) is 0 Å². The predicted molar refractivity (Wildman–Crippen MR) is 37.5 cm³/mol. The van der Waals surface area contributed by atoms with Crippen molar-refractivity contribution in [3.63, 3.8) is 0 Å². The van der Waals surface area contributed by atoms with Crippen LogP contribution in [-0.2, 0) is 4.79 Å². The molecule has 1 fully saturated rings. The zero-order valence-electron chi connectivity index (χ0n) is 6.62. The summed E-state index contributed by atoms with van der Waals surface area (Å²) in [6.07, 6.45) is 1.88. The van der Waals surface area contributed by atoms with E-state index in [2.05, 4.69) is 0 Å². The smallest absolute Gasteiger partial charge is 0.0543 e. The van der Waals surface area contributed by atoms with Gasteiger partial charge in [-0.2, -0.15) is 0 Å². The van der Waals surface area contributed by atoms with Gasteiger partial charge in [-0.05, 0) is 31.1 Å². The van der Waals surface area contributed by atoms with Crippen LogP contribution in [0.15, 0.2) is 0 Å². The minimum Gasteiger partial charge on any atom is -0.550 e. The Kier molecular flexibility index (Phi) is 2.49. The van der Waals surface area contributed by atoms with E-state index >= 15 is 0 Å². The van der Waals surface area contributed by atoms with E-state index < -0.39 is 11.9 Å². The molecule has 3 heteroatoms. The molecule has 3 nitrogen and oxygen atoms in total. The van der Waals surface area contributed by atoms with E-state index in [1.165, 1.54) is 0 Å². The molecule has 1 N–H and O–H groups in total. The number of carboxylic acids is 1. The second-order valence-corrected chi connectivity index (χ2v) is 3.33. The molecule has 0 amide bonds. The Morgan fingerprint density at radius 1 is 1.64 bits per heavy atom. The van der Waals surface area contributed by atoms with Crippen LogP contribution in [0.2, 0.25) is 0 Å². The molecule has 0 spiro atoms. The molecule has 11 heavy (non-hydrogen) atoms. The van der Waals surface area contributed by atoms with E-state index in [1.807, 2.05) is 0 Å². The molecule has 3 unspecified atom stereocenters. The number of rotatable bonds is 2. The van der Waals surface area contributed by atoms with Gasteiger partial charge in [-0.3, -0.25) is 0 Å². The van der Waals surface area contributed by atoms with Crippen molar-refractivity contribution in [2.45, 2.75) is 32.3 Å². The maximum atomic E-state index is 10.4. The molecule has 3 atom stereocenters. The zero-order chi connectivity index (χ0) is 8.43. The third-order valence-corrected chi connectivity index (χ3v) is 2.52. The van der Waals surface area contributed by atoms with E-state index in [0.717, 1.165) is 12.8 Å². The Morgan fingerprint density at radius 3 is 2.64 bits per heavy atom. The SMILES string of the molecule is CC(C(=O)[O-])C1CCC(O)C1. The third kappa shape index (κ3) is 1.93. The first kappa shape index (κ1) is 8.53. The average molecular weight is 157 g/mol. The topological polar surface area (TPSA) is 60.4 Å². The van der Waals surface area contributed by atoms with Crippen LogP contribution in [0.25, 0.3) is 0 Å². The Morgan fingerprint density at radius 2 is 2.27 bits per heavy atom. The molecule has 1 aliphatic rings. The summed E-state index contributed by atoms with van der Waals surface area (Å²) in [6, 6.07) is 0. The fraction of sp³-hybridized carbons (Fsp3) is 0.875. The van der Waals surface area contributed by atoms with Crippen LogP contribution < -0.4 is 5.11 Å². The molecule has 0 aromatic carbocycles. The molecule has 0 aromatic heterocycles. The summed E-state index contributed by atoms with van der Waals surface area (Å²) in [5.74, 6) is -1.29. The minimum absolute atomic E-state index is 0.120. The van der Waals surface area contributed by atoms with E-state index in [-0.39, 0.29) is 12.0 Å². The monoisotopic (exact) mass is 157 g/mol. The van der Waals surface area contributed by atoms with E-state index in [4.69, 9.17) is 5.11 Å². The van der Waals surface area contributed by atoms with Gasteiger partial charge in [-0.25, -0.2) is 0 Å². The number of carbonyl (C=O) groups is 1. The second kappa shape index (κ2) is 3.22. The Balaban J connectivity index is 2.43. The molecule has 1 aliphatic carbocycles. The lowest BCUT2D eigenvalue weighted by Crippen LogP contribution is -2.33. The van der Waals surface area contributed by atoms with Gasteiger partial charge in [0.2, 0.25) is 0 Å². The first-order valence-corrected chi connectivity index (χ1v) is 4.00. The first-order chi connectivity index (χ1) is 5.11. The third-order valence-electron chi connectivity index (χ3n) is 2.52. The summed E-state index contributed by atoms with van der Waals surface area (Å²) < 4.78 is 0. The molecule has 0 heterocycles. The molecule has 0 radical (unpaired) electrons. The predicted octanol–water partition coefficient (Wildman–Crippen LogP) is -0.467. The van der Waals surface area contributed by atoms with Crippen LogP contribution >= 0.6 is 0 Å². The van der Waals surface area contributed by atoms with Gasteiger partial charge < -0.3 is 15.0 Å². The highest BCUT2D eigenvalue weighted by molar-refractivity contribution is 5.67. The molecule has 0 aliphatic heterocycles. The van der Waals surface area contributed by atoms with Crippen molar-refractivity contribution in [1.29, 1.82) is 0 Å². The van der Waals surface area contributed by atoms with Gasteiger partial charge in [0.05, 0.1) is 6.10 Å². The summed E-state index contributed by atoms with van der Waals surface area (Å²) in [5.41, 5.74) is 0. The van der Waals surface area contributed by atoms with Gasteiger partial charge in [0, 0.05) is 5.97 Å². The van der Waals surface area contributed by atoms with Crippen molar-refractivity contribution in [2.75, 3.05) is 0 Å². The normalized spacial score (nSPS) is 33.6. The number of hydrogen-bond acceptors (Lipinski definition) is 3. The van der Waals surface area contributed by atoms with Crippen molar-refractivity contribution in [3.05, 3.63) is 0 Å². The largest absolute Gasteiger partial charge is 0.550 e. The van der Waals surface area contributed by atoms with E-state index in [0.29, 0.717) is 6.42 Å². The Hall–Kier alpha value is -0.570. The minimum atomic E-state index is -0.996. The molecule has 64 valence electrons. The van der Waals surface area contributed by atoms with Crippen LogP contribution in [0.1, 0.15) is 26.2 Å². The lowest BCUT2D eigenvalue weighted by atomic mass is 9.93. The fourth-order valence-corrected chi connectivity index (χ4v) is 1.64. The van der Waals surface area contributed by atoms with Crippen molar-refractivity contribution in [2.24, 2.45) is 11.8 Å². The number of carboxylic acid groups (broad SMARTS) is 1. The van der Waals surface area contributed by atoms with E-state index in [1.54, 1.807) is 6.92 Å². The number of aliphatic carboxylic acids is 1. The maximum Gasteiger partial charge on any atom is 0.0543 e. The van der Waals surface area contributed by atoms with Crippen molar-refractivity contribution in [3.8, 4) is 0 Å². The molecule has 0 aromatic rings. The Bertz CT molecular complexity index is 155. The highest BCUT2D eigenvalue weighted by Gasteiger charge is 2.27. The van der Waals surface area contributed by atoms with Crippen LogP contribution in [0.4, 0.5) is 0 Å². The molecule has 0 saturated heterocycles. The molecule has 1 saturated carbocycles. The van der Waals surface area contributed by atoms with Gasteiger partial charge in [-0.15, -0.1) is 0 Å². The van der Waals surface area contributed by atoms with Crippen molar-refractivity contribution >= 4 is 5.97 Å². The first-order valence-electron chi connectivity index (χ1n) is 4.00. The summed E-state index contributed by atoms with van der Waals surface area (Å²) in [4.78, 5) is 10.4. The van der Waals surface area contributed by atoms with Gasteiger partial charge >= 0.3 is 0 Å². The molecule has 0 bridgehead atoms. The summed E-state index contributed by atoms with van der Waals surface area (Å²) >= 11 is 0. The summed E-state index contributed by atoms with van der Waals surface area (Å²) in [7, 11) is 0. The standard InChI is InChI=1S/C8H14O3/c1-5(8(10)11)6-2-3-7(9)4-6/h5-7,9H,2-4H2,1H3,(H,10,11)/p-1. The highest BCUT2D eigenvalue weighted by Crippen LogP contribution is 2.31. The van der Waals surface area contributed by atoms with Crippen LogP contribution in [-0.4, -0.2) is 17.2 Å². The number of aliphatic hydroxyl groups is 1. The van der Waals surface area contributed by atoms with Crippen LogP contribution in [0.5, 0.6) is 0 Å². The average Bonchev–Trinajstić information content (AvgIpc) is 2.34. The zero-order valence-corrected chi connectivity index (χ0v) is 6.62. The number of hydrogen-bond donors (Lipinski definition) is 1. The maximum absolute atomic E-state index is 10.4. The van der Waals surface area contributed by atoms with Gasteiger partial charge in [-0.1, -0.05) is 6.92 Å². The number of aliphatic hydroxyl groups excluding tert-OH is 1. The highest BCUT2D eigenvalue weighted by atomic mass is 16.4. The second-order valence-electron chi connectivity index (χ2n) is 3.33. The van der Waals surface area contributed by atoms with Crippen molar-refractivity contribution in [1.82, 2.24) is 0 Å². The summed E-state index contributed by atoms with van der Waals surface area (Å²) in [5, 5.41) is 19.5. The number of carbonyl (C=O) groups excluding carboxylic acids is 1. The lowest BCUT2D eigenvalue weighted by Gasteiger charge is -2.19.